The predicted molar refractivity (Wildman–Crippen MR) is 75.2 cm³/mol. The maximum Gasteiger partial charge on any atom is 0.416 e. The lowest BCUT2D eigenvalue weighted by atomic mass is 10.1. The van der Waals surface area contributed by atoms with Gasteiger partial charge in [-0.15, -0.1) is 11.6 Å². The van der Waals surface area contributed by atoms with Crippen molar-refractivity contribution in [2.75, 3.05) is 25.1 Å². The van der Waals surface area contributed by atoms with Crippen LogP contribution in [0.25, 0.3) is 0 Å². The van der Waals surface area contributed by atoms with E-state index in [1.807, 2.05) is 6.92 Å². The number of anilines is 1. The van der Waals surface area contributed by atoms with Gasteiger partial charge in [-0.25, -0.2) is 0 Å². The Labute approximate surface area is 122 Å². The molecule has 1 aromatic carbocycles. The molecule has 20 heavy (non-hydrogen) atoms. The van der Waals surface area contributed by atoms with Crippen molar-refractivity contribution in [3.05, 3.63) is 29.3 Å². The van der Waals surface area contributed by atoms with Gasteiger partial charge in [-0.3, -0.25) is 0 Å². The van der Waals surface area contributed by atoms with E-state index in [2.05, 4.69) is 5.32 Å². The van der Waals surface area contributed by atoms with E-state index >= 15 is 0 Å². The summed E-state index contributed by atoms with van der Waals surface area (Å²) in [4.78, 5) is 0. The Balaban J connectivity index is 0.000000333. The molecule has 1 aliphatic heterocycles. The quantitative estimate of drug-likeness (QED) is 0.819. The number of rotatable bonds is 3. The van der Waals surface area contributed by atoms with E-state index in [4.69, 9.17) is 16.3 Å². The van der Waals surface area contributed by atoms with Crippen LogP contribution in [0.3, 0.4) is 0 Å². The van der Waals surface area contributed by atoms with Gasteiger partial charge in [0.05, 0.1) is 5.56 Å². The van der Waals surface area contributed by atoms with Crippen LogP contribution < -0.4 is 5.32 Å². The van der Waals surface area contributed by atoms with E-state index in [-0.39, 0.29) is 5.88 Å². The Morgan fingerprint density at radius 3 is 2.30 bits per heavy atom. The van der Waals surface area contributed by atoms with E-state index in [1.165, 1.54) is 18.9 Å². The van der Waals surface area contributed by atoms with Crippen LogP contribution >= 0.6 is 11.6 Å². The third-order valence-electron chi connectivity index (χ3n) is 2.77. The van der Waals surface area contributed by atoms with E-state index < -0.39 is 11.7 Å². The van der Waals surface area contributed by atoms with Crippen LogP contribution in [0.15, 0.2) is 18.2 Å². The Hall–Kier alpha value is -0.940. The standard InChI is InChI=1S/C10H11ClF3N.C4H8O/c1-2-15-9-4-3-8(10(12,13)14)5-7(9)6-11;1-2-4-5-3-1/h3-5,15H,2,6H2,1H3;1-4H2. The maximum absolute atomic E-state index is 12.4. The number of hydrogen-bond acceptors (Lipinski definition) is 2. The molecule has 0 spiro atoms. The van der Waals surface area contributed by atoms with Gasteiger partial charge in [0.1, 0.15) is 0 Å². The molecule has 0 aromatic heterocycles. The molecule has 0 aliphatic carbocycles. The first-order valence-corrected chi connectivity index (χ1v) is 7.10. The Kier molecular flexibility index (Phi) is 7.16. The monoisotopic (exact) mass is 309 g/mol. The van der Waals surface area contributed by atoms with Crippen LogP contribution in [0.5, 0.6) is 0 Å². The van der Waals surface area contributed by atoms with Crippen molar-refractivity contribution in [2.45, 2.75) is 31.8 Å². The van der Waals surface area contributed by atoms with Gasteiger partial charge in [0.15, 0.2) is 0 Å². The second-order valence-corrected chi connectivity index (χ2v) is 4.62. The molecule has 1 aromatic rings. The molecule has 2 nitrogen and oxygen atoms in total. The van der Waals surface area contributed by atoms with Gasteiger partial charge in [0.25, 0.3) is 0 Å². The molecule has 6 heteroatoms. The molecule has 1 aliphatic rings. The van der Waals surface area contributed by atoms with Gasteiger partial charge in [-0.05, 0) is 43.5 Å². The van der Waals surface area contributed by atoms with Crippen molar-refractivity contribution in [1.29, 1.82) is 0 Å². The third-order valence-corrected chi connectivity index (χ3v) is 3.06. The van der Waals surface area contributed by atoms with Gasteiger partial charge in [0, 0.05) is 31.3 Å². The van der Waals surface area contributed by atoms with Crippen molar-refractivity contribution in [3.63, 3.8) is 0 Å². The third kappa shape index (κ3) is 5.59. The second kappa shape index (κ2) is 8.37. The molecular formula is C14H19ClF3NO. The van der Waals surface area contributed by atoms with Crippen LogP contribution in [-0.2, 0) is 16.8 Å². The van der Waals surface area contributed by atoms with Gasteiger partial charge in [0.2, 0.25) is 0 Å². The smallest absolute Gasteiger partial charge is 0.385 e. The van der Waals surface area contributed by atoms with Crippen LogP contribution in [0.1, 0.15) is 30.9 Å². The molecule has 0 bridgehead atoms. The summed E-state index contributed by atoms with van der Waals surface area (Å²) in [7, 11) is 0. The van der Waals surface area contributed by atoms with Crippen molar-refractivity contribution < 1.29 is 17.9 Å². The predicted octanol–water partition coefficient (Wildman–Crippen LogP) is 4.67. The summed E-state index contributed by atoms with van der Waals surface area (Å²) in [5.74, 6) is 0.0618. The highest BCUT2D eigenvalue weighted by Gasteiger charge is 2.30. The molecule has 1 heterocycles. The zero-order valence-corrected chi connectivity index (χ0v) is 12.2. The van der Waals surface area contributed by atoms with Crippen LogP contribution in [-0.4, -0.2) is 19.8 Å². The Morgan fingerprint density at radius 1 is 1.25 bits per heavy atom. The Morgan fingerprint density at radius 2 is 1.90 bits per heavy atom. The molecule has 0 unspecified atom stereocenters. The highest BCUT2D eigenvalue weighted by molar-refractivity contribution is 6.17. The van der Waals surface area contributed by atoms with Crippen LogP contribution in [0.2, 0.25) is 0 Å². The minimum absolute atomic E-state index is 0.0618. The first kappa shape index (κ1) is 17.1. The summed E-state index contributed by atoms with van der Waals surface area (Å²) in [6.45, 7) is 4.52. The Bertz CT molecular complexity index is 398. The van der Waals surface area contributed by atoms with Crippen LogP contribution in [0.4, 0.5) is 18.9 Å². The van der Waals surface area contributed by atoms with E-state index in [0.29, 0.717) is 17.8 Å². The molecule has 0 amide bonds. The average molecular weight is 310 g/mol. The fourth-order valence-electron chi connectivity index (χ4n) is 1.75. The minimum Gasteiger partial charge on any atom is -0.385 e. The first-order chi connectivity index (χ1) is 9.49. The molecular weight excluding hydrogens is 291 g/mol. The molecule has 0 atom stereocenters. The molecule has 2 rings (SSSR count). The van der Waals surface area contributed by atoms with E-state index in [0.717, 1.165) is 25.3 Å². The van der Waals surface area contributed by atoms with Crippen molar-refractivity contribution in [2.24, 2.45) is 0 Å². The lowest BCUT2D eigenvalue weighted by Gasteiger charge is -2.12. The number of halogens is 4. The largest absolute Gasteiger partial charge is 0.416 e. The van der Waals surface area contributed by atoms with Gasteiger partial charge < -0.3 is 10.1 Å². The summed E-state index contributed by atoms with van der Waals surface area (Å²) < 4.78 is 42.0. The first-order valence-electron chi connectivity index (χ1n) is 6.56. The molecule has 1 N–H and O–H groups in total. The SMILES string of the molecule is C1CCOC1.CCNc1ccc(C(F)(F)F)cc1CCl. The second-order valence-electron chi connectivity index (χ2n) is 4.35. The lowest BCUT2D eigenvalue weighted by molar-refractivity contribution is -0.137. The molecule has 0 radical (unpaired) electrons. The summed E-state index contributed by atoms with van der Waals surface area (Å²) in [5.41, 5.74) is 0.452. The molecule has 1 fully saturated rings. The summed E-state index contributed by atoms with van der Waals surface area (Å²) >= 11 is 5.58. The van der Waals surface area contributed by atoms with Crippen molar-refractivity contribution >= 4 is 17.3 Å². The number of benzene rings is 1. The van der Waals surface area contributed by atoms with Gasteiger partial charge in [-0.2, -0.15) is 13.2 Å². The number of alkyl halides is 4. The normalized spacial score (nSPS) is 14.7. The minimum atomic E-state index is -4.31. The fraction of sp³-hybridized carbons (Fsp3) is 0.571. The topological polar surface area (TPSA) is 21.3 Å². The summed E-state index contributed by atoms with van der Waals surface area (Å²) in [5, 5.41) is 2.95. The van der Waals surface area contributed by atoms with E-state index in [9.17, 15) is 13.2 Å². The van der Waals surface area contributed by atoms with Crippen molar-refractivity contribution in [1.82, 2.24) is 0 Å². The maximum atomic E-state index is 12.4. The summed E-state index contributed by atoms with van der Waals surface area (Å²) in [6, 6.07) is 3.53. The lowest BCUT2D eigenvalue weighted by Crippen LogP contribution is -2.07. The van der Waals surface area contributed by atoms with Gasteiger partial charge >= 0.3 is 6.18 Å². The zero-order chi connectivity index (χ0) is 15.0. The van der Waals surface area contributed by atoms with E-state index in [1.54, 1.807) is 0 Å². The molecule has 114 valence electrons. The summed E-state index contributed by atoms with van der Waals surface area (Å²) in [6.07, 6.45) is -1.76. The number of hydrogen-bond donors (Lipinski definition) is 1. The highest BCUT2D eigenvalue weighted by Crippen LogP contribution is 2.32. The van der Waals surface area contributed by atoms with Crippen LogP contribution in [0, 0.1) is 0 Å². The number of ether oxygens (including phenoxy) is 1. The molecule has 0 saturated carbocycles. The average Bonchev–Trinajstić information content (AvgIpc) is 2.97. The molecule has 1 saturated heterocycles. The van der Waals surface area contributed by atoms with Crippen molar-refractivity contribution in [3.8, 4) is 0 Å². The number of nitrogens with one attached hydrogen (secondary N) is 1. The van der Waals surface area contributed by atoms with Gasteiger partial charge in [-0.1, -0.05) is 0 Å². The highest BCUT2D eigenvalue weighted by atomic mass is 35.5. The fourth-order valence-corrected chi connectivity index (χ4v) is 1.97. The zero-order valence-electron chi connectivity index (χ0n) is 11.4.